The van der Waals surface area contributed by atoms with Crippen LogP contribution in [0.1, 0.15) is 17.5 Å². The van der Waals surface area contributed by atoms with Crippen LogP contribution >= 0.6 is 12.4 Å². The number of amides is 1. The molecule has 6 heteroatoms. The molecule has 146 valence electrons. The van der Waals surface area contributed by atoms with E-state index in [0.717, 1.165) is 29.8 Å². The van der Waals surface area contributed by atoms with Crippen LogP contribution in [0.15, 0.2) is 54.6 Å². The van der Waals surface area contributed by atoms with Gasteiger partial charge in [-0.2, -0.15) is 0 Å². The van der Waals surface area contributed by atoms with Crippen molar-refractivity contribution in [2.24, 2.45) is 0 Å². The lowest BCUT2D eigenvalue weighted by Gasteiger charge is -2.33. The van der Waals surface area contributed by atoms with E-state index < -0.39 is 0 Å². The lowest BCUT2D eigenvalue weighted by molar-refractivity contribution is 0.0827. The normalized spacial score (nSPS) is 16.3. The first-order valence-electron chi connectivity index (χ1n) is 9.10. The van der Waals surface area contributed by atoms with Gasteiger partial charge in [0.2, 0.25) is 0 Å². The lowest BCUT2D eigenvalue weighted by Crippen LogP contribution is -2.53. The summed E-state index contributed by atoms with van der Waals surface area (Å²) in [7, 11) is 0. The molecule has 1 fully saturated rings. The van der Waals surface area contributed by atoms with Crippen molar-refractivity contribution in [1.29, 1.82) is 0 Å². The number of aryl methyl sites for hydroxylation is 1. The van der Waals surface area contributed by atoms with E-state index in [2.05, 4.69) is 5.32 Å². The van der Waals surface area contributed by atoms with Gasteiger partial charge in [-0.3, -0.25) is 0 Å². The predicted octanol–water partition coefficient (Wildman–Crippen LogP) is 3.80. The van der Waals surface area contributed by atoms with E-state index in [1.54, 1.807) is 4.90 Å². The smallest absolute Gasteiger partial charge is 0.410 e. The molecule has 1 saturated heterocycles. The number of nitrogens with zero attached hydrogens (tertiary/aromatic N) is 1. The third-order valence-electron chi connectivity index (χ3n) is 4.54. The van der Waals surface area contributed by atoms with Gasteiger partial charge in [-0.25, -0.2) is 4.79 Å². The molecule has 1 atom stereocenters. The van der Waals surface area contributed by atoms with Gasteiger partial charge in [-0.15, -0.1) is 12.4 Å². The molecule has 2 aromatic rings. The van der Waals surface area contributed by atoms with Crippen molar-refractivity contribution >= 4 is 18.5 Å². The van der Waals surface area contributed by atoms with Crippen molar-refractivity contribution in [3.63, 3.8) is 0 Å². The van der Waals surface area contributed by atoms with Gasteiger partial charge < -0.3 is 19.7 Å². The van der Waals surface area contributed by atoms with Crippen molar-refractivity contribution < 1.29 is 14.3 Å². The summed E-state index contributed by atoms with van der Waals surface area (Å²) >= 11 is 0. The number of carbonyl (C=O) groups excluding carboxylic acids is 1. The Hall–Kier alpha value is -2.24. The van der Waals surface area contributed by atoms with Crippen molar-refractivity contribution in [1.82, 2.24) is 10.2 Å². The Bertz CT molecular complexity index is 712. The maximum atomic E-state index is 12.3. The fourth-order valence-electron chi connectivity index (χ4n) is 3.02. The van der Waals surface area contributed by atoms with Gasteiger partial charge in [0.25, 0.3) is 0 Å². The first-order valence-corrected chi connectivity index (χ1v) is 9.10. The monoisotopic (exact) mass is 390 g/mol. The minimum atomic E-state index is -0.250. The summed E-state index contributed by atoms with van der Waals surface area (Å²) in [6.07, 6.45) is 0.594. The van der Waals surface area contributed by atoms with Gasteiger partial charge in [0, 0.05) is 25.7 Å². The predicted molar refractivity (Wildman–Crippen MR) is 109 cm³/mol. The Morgan fingerprint density at radius 1 is 1.15 bits per heavy atom. The van der Waals surface area contributed by atoms with E-state index >= 15 is 0 Å². The SMILES string of the molecule is Cc1ccccc1OCC[C@@H]1CN(C(=O)OCc2ccccc2)CCN1.Cl. The van der Waals surface area contributed by atoms with Crippen LogP contribution in [0.25, 0.3) is 0 Å². The molecular weight excluding hydrogens is 364 g/mol. The molecule has 1 aliphatic rings. The summed E-state index contributed by atoms with van der Waals surface area (Å²) in [6.45, 7) is 5.06. The summed E-state index contributed by atoms with van der Waals surface area (Å²) in [5.74, 6) is 0.919. The third kappa shape index (κ3) is 6.45. The minimum Gasteiger partial charge on any atom is -0.493 e. The highest BCUT2D eigenvalue weighted by atomic mass is 35.5. The summed E-state index contributed by atoms with van der Waals surface area (Å²) in [4.78, 5) is 14.1. The van der Waals surface area contributed by atoms with Crippen molar-refractivity contribution in [2.45, 2.75) is 26.0 Å². The number of carbonyl (C=O) groups is 1. The summed E-state index contributed by atoms with van der Waals surface area (Å²) in [6, 6.07) is 18.0. The van der Waals surface area contributed by atoms with Crippen LogP contribution in [-0.4, -0.2) is 43.3 Å². The van der Waals surface area contributed by atoms with E-state index in [4.69, 9.17) is 9.47 Å². The first-order chi connectivity index (χ1) is 12.7. The van der Waals surface area contributed by atoms with Crippen LogP contribution in [-0.2, 0) is 11.3 Å². The summed E-state index contributed by atoms with van der Waals surface area (Å²) in [5.41, 5.74) is 2.13. The highest BCUT2D eigenvalue weighted by Gasteiger charge is 2.24. The Kier molecular flexibility index (Phi) is 8.43. The van der Waals surface area contributed by atoms with E-state index in [0.29, 0.717) is 26.3 Å². The van der Waals surface area contributed by atoms with Gasteiger partial charge in [0.1, 0.15) is 12.4 Å². The Labute approximate surface area is 167 Å². The van der Waals surface area contributed by atoms with Gasteiger partial charge in [0.05, 0.1) is 6.61 Å². The molecule has 27 heavy (non-hydrogen) atoms. The van der Waals surface area contributed by atoms with E-state index in [9.17, 15) is 4.79 Å². The topological polar surface area (TPSA) is 50.8 Å². The molecule has 0 saturated carbocycles. The molecule has 0 aliphatic carbocycles. The number of hydrogen-bond acceptors (Lipinski definition) is 4. The minimum absolute atomic E-state index is 0. The largest absolute Gasteiger partial charge is 0.493 e. The zero-order valence-electron chi connectivity index (χ0n) is 15.6. The second kappa shape index (κ2) is 10.8. The second-order valence-electron chi connectivity index (χ2n) is 6.54. The van der Waals surface area contributed by atoms with Gasteiger partial charge >= 0.3 is 6.09 Å². The van der Waals surface area contributed by atoms with E-state index in [1.165, 1.54) is 0 Å². The molecule has 0 radical (unpaired) electrons. The highest BCUT2D eigenvalue weighted by molar-refractivity contribution is 5.85. The second-order valence-corrected chi connectivity index (χ2v) is 6.54. The van der Waals surface area contributed by atoms with Crippen LogP contribution in [0.5, 0.6) is 5.75 Å². The van der Waals surface area contributed by atoms with E-state index in [-0.39, 0.29) is 24.5 Å². The number of para-hydroxylation sites is 1. The zero-order valence-corrected chi connectivity index (χ0v) is 16.4. The van der Waals surface area contributed by atoms with Crippen LogP contribution < -0.4 is 10.1 Å². The summed E-state index contributed by atoms with van der Waals surface area (Å²) < 4.78 is 11.3. The maximum absolute atomic E-state index is 12.3. The Morgan fingerprint density at radius 3 is 2.67 bits per heavy atom. The molecule has 1 aliphatic heterocycles. The van der Waals surface area contributed by atoms with Crippen LogP contribution in [0.4, 0.5) is 4.79 Å². The summed E-state index contributed by atoms with van der Waals surface area (Å²) in [5, 5.41) is 3.45. The molecule has 5 nitrogen and oxygen atoms in total. The standard InChI is InChI=1S/C21H26N2O3.ClH/c1-17-7-5-6-10-20(17)25-14-11-19-15-23(13-12-22-19)21(24)26-16-18-8-3-2-4-9-18;/h2-10,19,22H,11-16H2,1H3;1H/t19-;/m1./s1. The first kappa shape index (κ1) is 21.1. The van der Waals surface area contributed by atoms with E-state index in [1.807, 2.05) is 61.5 Å². The molecule has 1 N–H and O–H groups in total. The van der Waals surface area contributed by atoms with Crippen LogP contribution in [0.2, 0.25) is 0 Å². The number of halogens is 1. The number of ether oxygens (including phenoxy) is 2. The fourth-order valence-corrected chi connectivity index (χ4v) is 3.02. The molecule has 1 amide bonds. The molecular formula is C21H27ClN2O3. The van der Waals surface area contributed by atoms with Gasteiger partial charge in [-0.05, 0) is 30.5 Å². The maximum Gasteiger partial charge on any atom is 0.410 e. The van der Waals surface area contributed by atoms with Crippen molar-refractivity contribution in [3.8, 4) is 5.75 Å². The Balaban J connectivity index is 0.00000261. The number of piperazine rings is 1. The molecule has 0 spiro atoms. The van der Waals surface area contributed by atoms with Gasteiger partial charge in [0.15, 0.2) is 0 Å². The number of nitrogens with one attached hydrogen (secondary N) is 1. The molecule has 3 rings (SSSR count). The average Bonchev–Trinajstić information content (AvgIpc) is 2.69. The third-order valence-corrected chi connectivity index (χ3v) is 4.54. The number of hydrogen-bond donors (Lipinski definition) is 1. The van der Waals surface area contributed by atoms with Crippen molar-refractivity contribution in [3.05, 3.63) is 65.7 Å². The zero-order chi connectivity index (χ0) is 18.2. The van der Waals surface area contributed by atoms with Crippen molar-refractivity contribution in [2.75, 3.05) is 26.2 Å². The van der Waals surface area contributed by atoms with Gasteiger partial charge in [-0.1, -0.05) is 48.5 Å². The molecule has 2 aromatic carbocycles. The van der Waals surface area contributed by atoms with Crippen LogP contribution in [0, 0.1) is 6.92 Å². The fraction of sp³-hybridized carbons (Fsp3) is 0.381. The average molecular weight is 391 g/mol. The highest BCUT2D eigenvalue weighted by Crippen LogP contribution is 2.17. The molecule has 0 unspecified atom stereocenters. The number of benzene rings is 2. The molecule has 0 aromatic heterocycles. The Morgan fingerprint density at radius 2 is 1.89 bits per heavy atom. The van der Waals surface area contributed by atoms with Crippen LogP contribution in [0.3, 0.4) is 0 Å². The number of rotatable bonds is 6. The molecule has 1 heterocycles. The molecule has 0 bridgehead atoms. The quantitative estimate of drug-likeness (QED) is 0.815. The lowest BCUT2D eigenvalue weighted by atomic mass is 10.1.